The SMILES string of the molecule is CCCCNC(=O)c1ccc2nc(C)c(N(C)Cc3ccc(NC(C)=O)cc3)n2c1. The molecule has 0 unspecified atom stereocenters. The zero-order chi connectivity index (χ0) is 21.7. The smallest absolute Gasteiger partial charge is 0.252 e. The summed E-state index contributed by atoms with van der Waals surface area (Å²) in [6.45, 7) is 6.91. The fraction of sp³-hybridized carbons (Fsp3) is 0.348. The predicted molar refractivity (Wildman–Crippen MR) is 120 cm³/mol. The Morgan fingerprint density at radius 1 is 1.13 bits per heavy atom. The molecule has 7 nitrogen and oxygen atoms in total. The zero-order valence-electron chi connectivity index (χ0n) is 18.0. The standard InChI is InChI=1S/C23H29N5O2/c1-5-6-13-24-22(30)19-9-12-21-25-16(2)23(28(21)15-19)27(4)14-18-7-10-20(11-8-18)26-17(3)29/h7-12,15H,5-6,13-14H2,1-4H3,(H,24,30)(H,26,29). The highest BCUT2D eigenvalue weighted by Crippen LogP contribution is 2.24. The van der Waals surface area contributed by atoms with Crippen LogP contribution in [-0.2, 0) is 11.3 Å². The fourth-order valence-electron chi connectivity index (χ4n) is 3.47. The first kappa shape index (κ1) is 21.4. The van der Waals surface area contributed by atoms with Crippen LogP contribution in [0.25, 0.3) is 5.65 Å². The first-order chi connectivity index (χ1) is 14.4. The summed E-state index contributed by atoms with van der Waals surface area (Å²) >= 11 is 0. The molecule has 2 amide bonds. The van der Waals surface area contributed by atoms with E-state index in [-0.39, 0.29) is 11.8 Å². The van der Waals surface area contributed by atoms with Crippen LogP contribution in [0.2, 0.25) is 0 Å². The number of hydrogen-bond donors (Lipinski definition) is 2. The van der Waals surface area contributed by atoms with Gasteiger partial charge in [0.25, 0.3) is 5.91 Å². The normalized spacial score (nSPS) is 10.8. The van der Waals surface area contributed by atoms with Gasteiger partial charge in [0.1, 0.15) is 11.5 Å². The molecule has 1 aromatic carbocycles. The molecule has 2 aromatic heterocycles. The number of benzene rings is 1. The molecule has 0 saturated heterocycles. The Kier molecular flexibility index (Phi) is 6.72. The molecule has 0 atom stereocenters. The Bertz CT molecular complexity index is 1040. The summed E-state index contributed by atoms with van der Waals surface area (Å²) in [6.07, 6.45) is 3.86. The highest BCUT2D eigenvalue weighted by molar-refractivity contribution is 5.94. The number of nitrogens with one attached hydrogen (secondary N) is 2. The quantitative estimate of drug-likeness (QED) is 0.557. The lowest BCUT2D eigenvalue weighted by molar-refractivity contribution is -0.114. The topological polar surface area (TPSA) is 78.7 Å². The van der Waals surface area contributed by atoms with Crippen molar-refractivity contribution < 1.29 is 9.59 Å². The lowest BCUT2D eigenvalue weighted by Gasteiger charge is -2.20. The molecule has 0 saturated carbocycles. The first-order valence-corrected chi connectivity index (χ1v) is 10.2. The third-order valence-corrected chi connectivity index (χ3v) is 4.89. The van der Waals surface area contributed by atoms with Gasteiger partial charge < -0.3 is 15.5 Å². The number of carbonyl (C=O) groups is 2. The monoisotopic (exact) mass is 407 g/mol. The molecule has 30 heavy (non-hydrogen) atoms. The number of unbranched alkanes of at least 4 members (excludes halogenated alkanes) is 1. The summed E-state index contributed by atoms with van der Waals surface area (Å²) in [7, 11) is 2.01. The molecular formula is C23H29N5O2. The van der Waals surface area contributed by atoms with Gasteiger partial charge in [-0.2, -0.15) is 0 Å². The molecule has 0 aliphatic carbocycles. The molecule has 158 valence electrons. The van der Waals surface area contributed by atoms with Crippen molar-refractivity contribution in [3.63, 3.8) is 0 Å². The number of imidazole rings is 1. The minimum absolute atomic E-state index is 0.0705. The second kappa shape index (κ2) is 9.43. The lowest BCUT2D eigenvalue weighted by Crippen LogP contribution is -2.25. The molecule has 0 aliphatic heterocycles. The third-order valence-electron chi connectivity index (χ3n) is 4.89. The minimum Gasteiger partial charge on any atom is -0.355 e. The van der Waals surface area contributed by atoms with Crippen LogP contribution in [0.1, 0.15) is 48.3 Å². The van der Waals surface area contributed by atoms with E-state index in [9.17, 15) is 9.59 Å². The maximum atomic E-state index is 12.5. The van der Waals surface area contributed by atoms with E-state index in [1.807, 2.05) is 61.0 Å². The largest absolute Gasteiger partial charge is 0.355 e. The van der Waals surface area contributed by atoms with Crippen LogP contribution in [0.3, 0.4) is 0 Å². The highest BCUT2D eigenvalue weighted by Gasteiger charge is 2.15. The van der Waals surface area contributed by atoms with Crippen molar-refractivity contribution in [2.45, 2.75) is 40.2 Å². The summed E-state index contributed by atoms with van der Waals surface area (Å²) in [4.78, 5) is 30.4. The number of aryl methyl sites for hydroxylation is 1. The van der Waals surface area contributed by atoms with Crippen LogP contribution >= 0.6 is 0 Å². The van der Waals surface area contributed by atoms with Crippen LogP contribution in [0, 0.1) is 6.92 Å². The number of hydrogen-bond acceptors (Lipinski definition) is 4. The summed E-state index contributed by atoms with van der Waals surface area (Å²) in [5.41, 5.74) is 4.20. The van der Waals surface area contributed by atoms with E-state index in [4.69, 9.17) is 0 Å². The Hall–Kier alpha value is -3.35. The maximum Gasteiger partial charge on any atom is 0.252 e. The van der Waals surface area contributed by atoms with E-state index in [2.05, 4.69) is 27.4 Å². The minimum atomic E-state index is -0.0873. The van der Waals surface area contributed by atoms with Gasteiger partial charge >= 0.3 is 0 Å². The van der Waals surface area contributed by atoms with E-state index >= 15 is 0 Å². The summed E-state index contributed by atoms with van der Waals surface area (Å²) in [5.74, 6) is 0.786. The van der Waals surface area contributed by atoms with Gasteiger partial charge in [0.05, 0.1) is 11.3 Å². The van der Waals surface area contributed by atoms with Gasteiger partial charge in [0.2, 0.25) is 5.91 Å². The average Bonchev–Trinajstić information content (AvgIpc) is 3.04. The predicted octanol–water partition coefficient (Wildman–Crippen LogP) is 3.77. The van der Waals surface area contributed by atoms with Gasteiger partial charge in [0, 0.05) is 38.9 Å². The van der Waals surface area contributed by atoms with Crippen LogP contribution in [-0.4, -0.2) is 34.8 Å². The van der Waals surface area contributed by atoms with Crippen LogP contribution < -0.4 is 15.5 Å². The molecule has 3 aromatic rings. The van der Waals surface area contributed by atoms with Crippen molar-refractivity contribution >= 4 is 29.0 Å². The zero-order valence-corrected chi connectivity index (χ0v) is 18.0. The second-order valence-corrected chi connectivity index (χ2v) is 7.51. The summed E-state index contributed by atoms with van der Waals surface area (Å²) < 4.78 is 1.97. The van der Waals surface area contributed by atoms with E-state index in [0.29, 0.717) is 18.7 Å². The first-order valence-electron chi connectivity index (χ1n) is 10.2. The van der Waals surface area contributed by atoms with Crippen LogP contribution in [0.5, 0.6) is 0 Å². The maximum absolute atomic E-state index is 12.5. The van der Waals surface area contributed by atoms with Crippen molar-refractivity contribution in [3.8, 4) is 0 Å². The van der Waals surface area contributed by atoms with E-state index < -0.39 is 0 Å². The number of anilines is 2. The lowest BCUT2D eigenvalue weighted by atomic mass is 10.2. The molecular weight excluding hydrogens is 378 g/mol. The second-order valence-electron chi connectivity index (χ2n) is 7.51. The molecule has 0 radical (unpaired) electrons. The number of nitrogens with zero attached hydrogens (tertiary/aromatic N) is 3. The summed E-state index contributed by atoms with van der Waals surface area (Å²) in [6, 6.07) is 11.5. The Morgan fingerprint density at radius 3 is 2.53 bits per heavy atom. The molecule has 2 heterocycles. The molecule has 7 heteroatoms. The van der Waals surface area contributed by atoms with E-state index in [0.717, 1.165) is 41.3 Å². The number of aromatic nitrogens is 2. The van der Waals surface area contributed by atoms with E-state index in [1.54, 1.807) is 0 Å². The van der Waals surface area contributed by atoms with Crippen molar-refractivity contribution in [2.24, 2.45) is 0 Å². The van der Waals surface area contributed by atoms with Gasteiger partial charge in [0.15, 0.2) is 0 Å². The van der Waals surface area contributed by atoms with E-state index in [1.165, 1.54) is 6.92 Å². The van der Waals surface area contributed by atoms with Crippen molar-refractivity contribution in [3.05, 3.63) is 59.4 Å². The van der Waals surface area contributed by atoms with Crippen LogP contribution in [0.15, 0.2) is 42.6 Å². The van der Waals surface area contributed by atoms with Crippen LogP contribution in [0.4, 0.5) is 11.5 Å². The summed E-state index contributed by atoms with van der Waals surface area (Å²) in [5, 5.41) is 5.74. The molecule has 0 spiro atoms. The molecule has 0 bridgehead atoms. The highest BCUT2D eigenvalue weighted by atomic mass is 16.2. The van der Waals surface area contributed by atoms with Gasteiger partial charge in [-0.05, 0) is 43.2 Å². The van der Waals surface area contributed by atoms with Gasteiger partial charge in [-0.3, -0.25) is 14.0 Å². The number of fused-ring (bicyclic) bond motifs is 1. The molecule has 0 aliphatic rings. The van der Waals surface area contributed by atoms with Crippen molar-refractivity contribution in [2.75, 3.05) is 23.8 Å². The Labute approximate surface area is 177 Å². The number of carbonyl (C=O) groups excluding carboxylic acids is 2. The fourth-order valence-corrected chi connectivity index (χ4v) is 3.47. The van der Waals surface area contributed by atoms with Gasteiger partial charge in [-0.15, -0.1) is 0 Å². The van der Waals surface area contributed by atoms with Gasteiger partial charge in [-0.1, -0.05) is 25.5 Å². The van der Waals surface area contributed by atoms with Crippen molar-refractivity contribution in [1.82, 2.24) is 14.7 Å². The molecule has 2 N–H and O–H groups in total. The number of amides is 2. The molecule has 0 fully saturated rings. The third kappa shape index (κ3) is 4.97. The molecule has 3 rings (SSSR count). The average molecular weight is 408 g/mol. The van der Waals surface area contributed by atoms with Gasteiger partial charge in [-0.25, -0.2) is 4.98 Å². The Balaban J connectivity index is 1.81. The number of rotatable bonds is 8. The Morgan fingerprint density at radius 2 is 1.87 bits per heavy atom. The number of pyridine rings is 1. The van der Waals surface area contributed by atoms with Crippen molar-refractivity contribution in [1.29, 1.82) is 0 Å².